The highest BCUT2D eigenvalue weighted by atomic mass is 16.3. The summed E-state index contributed by atoms with van der Waals surface area (Å²) in [5.41, 5.74) is 9.52. The van der Waals surface area contributed by atoms with Crippen LogP contribution in [-0.4, -0.2) is 34.3 Å². The largest absolute Gasteiger partial charge is 0.404 e. The Balaban J connectivity index is 3.17. The van der Waals surface area contributed by atoms with Crippen molar-refractivity contribution in [1.29, 1.82) is 0 Å². The molecule has 0 radical (unpaired) electrons. The number of aliphatic hydroxyl groups is 1. The fourth-order valence-corrected chi connectivity index (χ4v) is 2.63. The topological polar surface area (TPSA) is 99.3 Å². The summed E-state index contributed by atoms with van der Waals surface area (Å²) in [5.74, 6) is 0.814. The van der Waals surface area contributed by atoms with Crippen molar-refractivity contribution in [3.63, 3.8) is 0 Å². The van der Waals surface area contributed by atoms with E-state index in [4.69, 9.17) is 15.8 Å². The fourth-order valence-electron chi connectivity index (χ4n) is 2.63. The lowest BCUT2D eigenvalue weighted by atomic mass is 9.99. The van der Waals surface area contributed by atoms with E-state index >= 15 is 0 Å². The second kappa shape index (κ2) is 11.1. The molecular formula is C20H31N5O. The van der Waals surface area contributed by atoms with Crippen molar-refractivity contribution in [3.05, 3.63) is 54.4 Å². The van der Waals surface area contributed by atoms with Crippen LogP contribution in [0.3, 0.4) is 0 Å². The number of rotatable bonds is 11. The molecule has 1 heterocycles. The van der Waals surface area contributed by atoms with Crippen LogP contribution in [0.25, 0.3) is 5.57 Å². The maximum atomic E-state index is 9.14. The molecule has 0 bridgehead atoms. The first kappa shape index (κ1) is 21.4. The minimum absolute atomic E-state index is 0.00265. The van der Waals surface area contributed by atoms with E-state index in [9.17, 15) is 0 Å². The normalized spacial score (nSPS) is 14.0. The molecular weight excluding hydrogens is 326 g/mol. The van der Waals surface area contributed by atoms with Gasteiger partial charge in [0.05, 0.1) is 11.7 Å². The average Bonchev–Trinajstić information content (AvgIpc) is 3.03. The van der Waals surface area contributed by atoms with Crippen LogP contribution in [0.1, 0.15) is 50.8 Å². The molecule has 6 heteroatoms. The summed E-state index contributed by atoms with van der Waals surface area (Å²) in [4.78, 5) is 4.70. The van der Waals surface area contributed by atoms with Crippen LogP contribution >= 0.6 is 0 Å². The minimum atomic E-state index is -0.186. The number of anilines is 1. The lowest BCUT2D eigenvalue weighted by Gasteiger charge is -2.13. The zero-order valence-corrected chi connectivity index (χ0v) is 16.0. The predicted molar refractivity (Wildman–Crippen MR) is 111 cm³/mol. The number of hydrogen-bond acceptors (Lipinski definition) is 5. The van der Waals surface area contributed by atoms with Crippen LogP contribution < -0.4 is 11.1 Å². The molecule has 1 rings (SSSR count). The van der Waals surface area contributed by atoms with E-state index in [-0.39, 0.29) is 18.7 Å². The van der Waals surface area contributed by atoms with Crippen molar-refractivity contribution in [2.24, 2.45) is 10.7 Å². The Bertz CT molecular complexity index is 682. The summed E-state index contributed by atoms with van der Waals surface area (Å²) < 4.78 is 0. The van der Waals surface area contributed by atoms with Gasteiger partial charge < -0.3 is 16.2 Å². The van der Waals surface area contributed by atoms with E-state index in [1.807, 2.05) is 12.2 Å². The maximum absolute atomic E-state index is 9.14. The van der Waals surface area contributed by atoms with Crippen LogP contribution in [-0.2, 0) is 0 Å². The SMILES string of the molecule is C=CC/C=C(\C)C(CC=C)N=CC(=CN)c1[nH]nc(NCO)c1C(C)C. The third-order valence-corrected chi connectivity index (χ3v) is 4.01. The molecule has 5 N–H and O–H groups in total. The monoisotopic (exact) mass is 357 g/mol. The first-order chi connectivity index (χ1) is 12.5. The number of nitrogens with zero attached hydrogens (tertiary/aromatic N) is 2. The van der Waals surface area contributed by atoms with E-state index in [0.717, 1.165) is 35.2 Å². The number of hydrogen-bond donors (Lipinski definition) is 4. The van der Waals surface area contributed by atoms with Gasteiger partial charge >= 0.3 is 0 Å². The summed E-state index contributed by atoms with van der Waals surface area (Å²) in [5, 5.41) is 19.2. The second-order valence-electron chi connectivity index (χ2n) is 6.26. The Labute approximate surface area is 156 Å². The number of nitrogens with two attached hydrogens (primary N) is 1. The first-order valence-electron chi connectivity index (χ1n) is 8.76. The molecule has 142 valence electrons. The van der Waals surface area contributed by atoms with E-state index in [0.29, 0.717) is 5.82 Å². The summed E-state index contributed by atoms with van der Waals surface area (Å²) in [6.45, 7) is 13.6. The van der Waals surface area contributed by atoms with Crippen LogP contribution in [0.4, 0.5) is 5.82 Å². The van der Waals surface area contributed by atoms with Gasteiger partial charge in [-0.05, 0) is 25.7 Å². The molecule has 26 heavy (non-hydrogen) atoms. The molecule has 1 atom stereocenters. The first-order valence-corrected chi connectivity index (χ1v) is 8.76. The third-order valence-electron chi connectivity index (χ3n) is 4.01. The van der Waals surface area contributed by atoms with Crippen LogP contribution in [0.2, 0.25) is 0 Å². The molecule has 0 aliphatic heterocycles. The van der Waals surface area contributed by atoms with E-state index < -0.39 is 0 Å². The molecule has 1 aromatic rings. The Morgan fingerprint density at radius 1 is 1.38 bits per heavy atom. The van der Waals surface area contributed by atoms with Crippen molar-refractivity contribution in [2.75, 3.05) is 12.0 Å². The lowest BCUT2D eigenvalue weighted by molar-refractivity contribution is 0.325. The highest BCUT2D eigenvalue weighted by Gasteiger charge is 2.18. The quantitative estimate of drug-likeness (QED) is 0.275. The molecule has 0 aromatic carbocycles. The number of aromatic nitrogens is 2. The van der Waals surface area contributed by atoms with E-state index in [1.165, 1.54) is 6.20 Å². The Kier molecular flexibility index (Phi) is 9.15. The summed E-state index contributed by atoms with van der Waals surface area (Å²) in [6.07, 6.45) is 10.7. The standard InChI is InChI=1S/C20H31N5O/c1-6-8-10-15(5)17(9-7-2)22-12-16(11-21)19-18(14(3)4)20(23-13-26)25-24-19/h6-7,10-12,14,17,26H,1-2,8-9,13,21H2,3-5H3,(H2,23,24,25)/b15-10+,16-11?,22-12?. The highest BCUT2D eigenvalue weighted by Crippen LogP contribution is 2.29. The van der Waals surface area contributed by atoms with Gasteiger partial charge in [0.25, 0.3) is 0 Å². The van der Waals surface area contributed by atoms with Crippen molar-refractivity contribution in [1.82, 2.24) is 10.2 Å². The van der Waals surface area contributed by atoms with Gasteiger partial charge in [-0.3, -0.25) is 10.1 Å². The number of nitrogens with one attached hydrogen (secondary N) is 2. The van der Waals surface area contributed by atoms with Crippen molar-refractivity contribution < 1.29 is 5.11 Å². The average molecular weight is 358 g/mol. The van der Waals surface area contributed by atoms with Gasteiger partial charge in [0, 0.05) is 23.6 Å². The molecule has 0 spiro atoms. The van der Waals surface area contributed by atoms with Gasteiger partial charge in [-0.2, -0.15) is 5.10 Å². The van der Waals surface area contributed by atoms with Gasteiger partial charge in [-0.15, -0.1) is 13.2 Å². The number of aromatic amines is 1. The van der Waals surface area contributed by atoms with Crippen molar-refractivity contribution in [3.8, 4) is 0 Å². The smallest absolute Gasteiger partial charge is 0.153 e. The van der Waals surface area contributed by atoms with Crippen LogP contribution in [0, 0.1) is 0 Å². The molecule has 0 saturated heterocycles. The molecule has 0 aliphatic carbocycles. The Morgan fingerprint density at radius 2 is 2.12 bits per heavy atom. The molecule has 0 amide bonds. The highest BCUT2D eigenvalue weighted by molar-refractivity contribution is 6.10. The second-order valence-corrected chi connectivity index (χ2v) is 6.26. The van der Waals surface area contributed by atoms with Gasteiger partial charge in [0.2, 0.25) is 0 Å². The molecule has 0 fully saturated rings. The van der Waals surface area contributed by atoms with Crippen LogP contribution in [0.15, 0.2) is 48.2 Å². The number of aliphatic hydroxyl groups excluding tert-OH is 1. The van der Waals surface area contributed by atoms with Gasteiger partial charge in [-0.1, -0.05) is 37.6 Å². The Morgan fingerprint density at radius 3 is 2.65 bits per heavy atom. The number of H-pyrrole nitrogens is 1. The maximum Gasteiger partial charge on any atom is 0.153 e. The van der Waals surface area contributed by atoms with Gasteiger partial charge in [0.15, 0.2) is 5.82 Å². The molecule has 1 aromatic heterocycles. The lowest BCUT2D eigenvalue weighted by Crippen LogP contribution is -2.07. The third kappa shape index (κ3) is 5.74. The zero-order chi connectivity index (χ0) is 19.5. The zero-order valence-electron chi connectivity index (χ0n) is 16.0. The number of allylic oxidation sites excluding steroid dienone is 3. The molecule has 0 saturated carbocycles. The summed E-state index contributed by atoms with van der Waals surface area (Å²) >= 11 is 0. The van der Waals surface area contributed by atoms with E-state index in [2.05, 4.69) is 55.5 Å². The van der Waals surface area contributed by atoms with E-state index in [1.54, 1.807) is 6.21 Å². The molecule has 6 nitrogen and oxygen atoms in total. The Hall–Kier alpha value is -2.60. The minimum Gasteiger partial charge on any atom is -0.404 e. The van der Waals surface area contributed by atoms with Crippen molar-refractivity contribution >= 4 is 17.6 Å². The van der Waals surface area contributed by atoms with Gasteiger partial charge in [0.1, 0.15) is 6.73 Å². The summed E-state index contributed by atoms with van der Waals surface area (Å²) in [7, 11) is 0. The molecule has 1 unspecified atom stereocenters. The van der Waals surface area contributed by atoms with Gasteiger partial charge in [-0.25, -0.2) is 0 Å². The number of aliphatic imine (C=N–C) groups is 1. The fraction of sp³-hybridized carbons (Fsp3) is 0.400. The van der Waals surface area contributed by atoms with Crippen molar-refractivity contribution in [2.45, 2.75) is 45.6 Å². The molecule has 0 aliphatic rings. The van der Waals surface area contributed by atoms with Crippen LogP contribution in [0.5, 0.6) is 0 Å². The predicted octanol–water partition coefficient (Wildman–Crippen LogP) is 3.73. The summed E-state index contributed by atoms with van der Waals surface area (Å²) in [6, 6.07) is 0.00265.